The van der Waals surface area contributed by atoms with E-state index in [9.17, 15) is 29.1 Å². The fraction of sp³-hybridized carbons (Fsp3) is 0.720. The van der Waals surface area contributed by atoms with Gasteiger partial charge < -0.3 is 43.7 Å². The highest BCUT2D eigenvalue weighted by molar-refractivity contribution is 5.97. The molecule has 2 N–H and O–H groups in total. The van der Waals surface area contributed by atoms with Crippen LogP contribution in [-0.4, -0.2) is 131 Å². The standard InChI is InChI=1S/C50H71N3O14/c1-8-10-14-24-49(25-15-11-9-2)65-38-35-27-50(46(60)52-26-16-19-34(52)43(57)51-33(29-54)21-23-37(56)64-47(3,4)5)40(44(58)62-35)53(67-41(50)39(38)66-49)28-32-18-13-12-17-31(32)20-22-36(55)63-42-45(59)61-30-48(42,6)7/h12-13,17-18,20,22,33-35,38-42,54H,8-11,14-16,19,21,23-30H2,1-7H3,(H,51,57)/t33-,34+,35?,38-,39-,40-,41+,42-,50?/m0/s1. The average molecular weight is 938 g/mol. The van der Waals surface area contributed by atoms with E-state index in [4.69, 9.17) is 33.3 Å². The third kappa shape index (κ3) is 10.8. The summed E-state index contributed by atoms with van der Waals surface area (Å²) in [7, 11) is 0. The summed E-state index contributed by atoms with van der Waals surface area (Å²) in [6, 6.07) is 4.28. The first-order valence-electron chi connectivity index (χ1n) is 24.4. The van der Waals surface area contributed by atoms with Gasteiger partial charge >= 0.3 is 23.9 Å². The van der Waals surface area contributed by atoms with Crippen molar-refractivity contribution in [1.82, 2.24) is 15.3 Å². The van der Waals surface area contributed by atoms with Gasteiger partial charge in [0.25, 0.3) is 0 Å². The molecule has 6 aliphatic rings. The molecule has 1 aromatic carbocycles. The van der Waals surface area contributed by atoms with Crippen LogP contribution in [0.1, 0.15) is 143 Å². The van der Waals surface area contributed by atoms with Crippen LogP contribution in [0.3, 0.4) is 0 Å². The monoisotopic (exact) mass is 937 g/mol. The van der Waals surface area contributed by atoms with Crippen molar-refractivity contribution in [3.63, 3.8) is 0 Å². The Bertz CT molecular complexity index is 2020. The number of benzene rings is 1. The number of esters is 4. The van der Waals surface area contributed by atoms with E-state index in [0.29, 0.717) is 36.8 Å². The molecule has 67 heavy (non-hydrogen) atoms. The molecular weight excluding hydrogens is 867 g/mol. The molecule has 2 unspecified atom stereocenters. The third-order valence-electron chi connectivity index (χ3n) is 14.0. The number of aliphatic hydroxyl groups excluding tert-OH is 1. The van der Waals surface area contributed by atoms with Gasteiger partial charge in [-0.2, -0.15) is 5.06 Å². The summed E-state index contributed by atoms with van der Waals surface area (Å²) in [6.07, 6.45) is 6.32. The lowest BCUT2D eigenvalue weighted by molar-refractivity contribution is -0.225. The van der Waals surface area contributed by atoms with Crippen molar-refractivity contribution in [3.05, 3.63) is 41.5 Å². The number of rotatable bonds is 20. The lowest BCUT2D eigenvalue weighted by Gasteiger charge is -2.50. The molecule has 0 spiro atoms. The van der Waals surface area contributed by atoms with Crippen molar-refractivity contribution in [2.45, 2.75) is 199 Å². The summed E-state index contributed by atoms with van der Waals surface area (Å²) in [5, 5.41) is 14.6. The number of hydroxylamine groups is 2. The largest absolute Gasteiger partial charge is 0.462 e. The lowest BCUT2D eigenvalue weighted by Crippen LogP contribution is -2.70. The number of carbonyl (C=O) groups is 6. The molecule has 0 radical (unpaired) electrons. The Morgan fingerprint density at radius 3 is 2.34 bits per heavy atom. The zero-order valence-electron chi connectivity index (χ0n) is 40.3. The van der Waals surface area contributed by atoms with Crippen LogP contribution >= 0.6 is 0 Å². The van der Waals surface area contributed by atoms with Crippen LogP contribution in [0.15, 0.2) is 30.3 Å². The van der Waals surface area contributed by atoms with E-state index < -0.39 is 113 Å². The smallest absolute Gasteiger partial charge is 0.348 e. The quantitative estimate of drug-likeness (QED) is 0.0744. The Morgan fingerprint density at radius 1 is 0.985 bits per heavy atom. The van der Waals surface area contributed by atoms with Gasteiger partial charge in [-0.25, -0.2) is 9.59 Å². The summed E-state index contributed by atoms with van der Waals surface area (Å²) in [4.78, 5) is 90.9. The third-order valence-corrected chi connectivity index (χ3v) is 14.0. The number of ether oxygens (including phenoxy) is 6. The van der Waals surface area contributed by atoms with E-state index in [1.165, 1.54) is 16.0 Å². The molecule has 1 aliphatic carbocycles. The number of nitrogens with zero attached hydrogens (tertiary/aromatic N) is 2. The Morgan fingerprint density at radius 2 is 1.69 bits per heavy atom. The predicted molar refractivity (Wildman–Crippen MR) is 241 cm³/mol. The zero-order valence-corrected chi connectivity index (χ0v) is 40.3. The number of likely N-dealkylation sites (tertiary alicyclic amines) is 1. The number of hydrogen-bond acceptors (Lipinski definition) is 15. The van der Waals surface area contributed by atoms with Crippen molar-refractivity contribution in [3.8, 4) is 0 Å². The second kappa shape index (κ2) is 20.7. The number of hydrogen-bond donors (Lipinski definition) is 2. The summed E-state index contributed by atoms with van der Waals surface area (Å²) in [5.41, 5.74) is -1.69. The first-order chi connectivity index (χ1) is 31.8. The molecule has 7 rings (SSSR count). The van der Waals surface area contributed by atoms with Crippen molar-refractivity contribution in [1.29, 1.82) is 0 Å². The SMILES string of the molecule is CCCCCC1(CCCCC)O[C@@H]2[C@H]3ON(Cc4ccccc4C=CC(=O)O[C@H]4C(=O)OCC4(C)C)[C@H]4C(=O)OC(CC34C(=O)N3CCC[C@@H]3C(=O)N[C@H](CO)CCC(=O)OC(C)(C)C)[C@@H]2O1. The van der Waals surface area contributed by atoms with Crippen LogP contribution in [0.5, 0.6) is 0 Å². The highest BCUT2D eigenvalue weighted by Crippen LogP contribution is 2.59. The number of aliphatic hydroxyl groups is 1. The number of amides is 2. The van der Waals surface area contributed by atoms with Gasteiger partial charge in [0.2, 0.25) is 17.9 Å². The molecule has 5 heterocycles. The summed E-state index contributed by atoms with van der Waals surface area (Å²) >= 11 is 0. The van der Waals surface area contributed by atoms with Crippen LogP contribution in [-0.2, 0) is 68.6 Å². The molecule has 17 heteroatoms. The molecule has 0 aromatic heterocycles. The molecular formula is C50H71N3O14. The van der Waals surface area contributed by atoms with Gasteiger partial charge in [0.05, 0.1) is 19.2 Å². The van der Waals surface area contributed by atoms with Crippen molar-refractivity contribution < 1.29 is 67.1 Å². The van der Waals surface area contributed by atoms with Gasteiger partial charge in [0, 0.05) is 43.7 Å². The van der Waals surface area contributed by atoms with Gasteiger partial charge in [-0.1, -0.05) is 77.6 Å². The van der Waals surface area contributed by atoms with E-state index in [2.05, 4.69) is 19.2 Å². The Balaban J connectivity index is 1.19. The Hall–Kier alpha value is -4.42. The highest BCUT2D eigenvalue weighted by Gasteiger charge is 2.77. The fourth-order valence-corrected chi connectivity index (χ4v) is 10.7. The fourth-order valence-electron chi connectivity index (χ4n) is 10.7. The number of fused-ring (bicyclic) bond motifs is 4. The van der Waals surface area contributed by atoms with Crippen LogP contribution < -0.4 is 5.32 Å². The molecule has 370 valence electrons. The molecule has 9 atom stereocenters. The lowest BCUT2D eigenvalue weighted by atomic mass is 9.62. The maximum Gasteiger partial charge on any atom is 0.348 e. The summed E-state index contributed by atoms with van der Waals surface area (Å²) in [5.74, 6) is -4.34. The van der Waals surface area contributed by atoms with Crippen LogP contribution in [0.2, 0.25) is 0 Å². The second-order valence-electron chi connectivity index (χ2n) is 20.8. The topological polar surface area (TPSA) is 206 Å². The molecule has 2 amide bonds. The van der Waals surface area contributed by atoms with E-state index in [1.54, 1.807) is 52.8 Å². The van der Waals surface area contributed by atoms with Crippen molar-refractivity contribution in [2.24, 2.45) is 10.8 Å². The van der Waals surface area contributed by atoms with Crippen LogP contribution in [0, 0.1) is 10.8 Å². The number of cyclic esters (lactones) is 1. The van der Waals surface area contributed by atoms with Gasteiger partial charge in [0.15, 0.2) is 11.8 Å². The summed E-state index contributed by atoms with van der Waals surface area (Å²) < 4.78 is 36.4. The van der Waals surface area contributed by atoms with Gasteiger partial charge in [-0.15, -0.1) is 0 Å². The number of nitrogens with one attached hydrogen (secondary N) is 1. The zero-order chi connectivity index (χ0) is 48.3. The Kier molecular flexibility index (Phi) is 15.6. The molecule has 5 aliphatic heterocycles. The minimum atomic E-state index is -1.55. The van der Waals surface area contributed by atoms with Crippen molar-refractivity contribution >= 4 is 41.8 Å². The second-order valence-corrected chi connectivity index (χ2v) is 20.8. The normalized spacial score (nSPS) is 29.9. The van der Waals surface area contributed by atoms with E-state index in [-0.39, 0.29) is 39.0 Å². The minimum absolute atomic E-state index is 0.0103. The molecule has 1 saturated carbocycles. The summed E-state index contributed by atoms with van der Waals surface area (Å²) in [6.45, 7) is 13.1. The maximum absolute atomic E-state index is 15.7. The maximum atomic E-state index is 15.7. The van der Waals surface area contributed by atoms with Crippen LogP contribution in [0.25, 0.3) is 6.08 Å². The minimum Gasteiger partial charge on any atom is -0.462 e. The molecule has 5 saturated heterocycles. The van der Waals surface area contributed by atoms with E-state index in [1.807, 2.05) is 12.1 Å². The van der Waals surface area contributed by atoms with E-state index in [0.717, 1.165) is 38.5 Å². The first-order valence-corrected chi connectivity index (χ1v) is 24.4. The predicted octanol–water partition coefficient (Wildman–Crippen LogP) is 5.23. The molecule has 2 bridgehead atoms. The first kappa shape index (κ1) is 50.5. The van der Waals surface area contributed by atoms with Gasteiger partial charge in [-0.3, -0.25) is 24.0 Å². The highest BCUT2D eigenvalue weighted by atomic mass is 16.8. The van der Waals surface area contributed by atoms with Gasteiger partial charge in [-0.05, 0) is 70.1 Å². The van der Waals surface area contributed by atoms with Crippen LogP contribution in [0.4, 0.5) is 0 Å². The van der Waals surface area contributed by atoms with Gasteiger partial charge in [0.1, 0.15) is 48.1 Å². The number of unbranched alkanes of at least 4 members (excludes halogenated alkanes) is 4. The van der Waals surface area contributed by atoms with E-state index >= 15 is 4.79 Å². The molecule has 6 fully saturated rings. The average Bonchev–Trinajstić information content (AvgIpc) is 4.05. The van der Waals surface area contributed by atoms with Crippen molar-refractivity contribution in [2.75, 3.05) is 19.8 Å². The molecule has 17 nitrogen and oxygen atoms in total. The number of carbonyl (C=O) groups excluding carboxylic acids is 6. The molecule has 1 aromatic rings. The Labute approximate surface area is 393 Å².